The highest BCUT2D eigenvalue weighted by atomic mass is 16.6. The lowest BCUT2D eigenvalue weighted by Gasteiger charge is -2.27. The van der Waals surface area contributed by atoms with Gasteiger partial charge in [-0.2, -0.15) is 0 Å². The molecule has 0 amide bonds. The van der Waals surface area contributed by atoms with E-state index in [2.05, 4.69) is 5.32 Å². The first kappa shape index (κ1) is 14.9. The normalized spacial score (nSPS) is 22.7. The summed E-state index contributed by atoms with van der Waals surface area (Å²) in [6, 6.07) is 5.16. The van der Waals surface area contributed by atoms with E-state index < -0.39 is 0 Å². The van der Waals surface area contributed by atoms with Crippen LogP contribution in [0.2, 0.25) is 0 Å². The Bertz CT molecular complexity index is 476. The molecule has 2 atom stereocenters. The van der Waals surface area contributed by atoms with E-state index in [9.17, 15) is 15.2 Å². The summed E-state index contributed by atoms with van der Waals surface area (Å²) < 4.78 is 0. The van der Waals surface area contributed by atoms with Gasteiger partial charge in [0, 0.05) is 24.7 Å². The molecule has 20 heavy (non-hydrogen) atoms. The lowest BCUT2D eigenvalue weighted by atomic mass is 9.86. The summed E-state index contributed by atoms with van der Waals surface area (Å²) in [5.74, 6) is 0.308. The Kier molecular flexibility index (Phi) is 5.09. The highest BCUT2D eigenvalue weighted by Gasteiger charge is 2.22. The van der Waals surface area contributed by atoms with Crippen LogP contribution in [0.25, 0.3) is 0 Å². The van der Waals surface area contributed by atoms with Crippen molar-refractivity contribution in [3.63, 3.8) is 0 Å². The molecule has 1 aliphatic rings. The molecule has 0 spiro atoms. The van der Waals surface area contributed by atoms with E-state index in [0.717, 1.165) is 31.4 Å². The molecule has 1 aromatic carbocycles. The van der Waals surface area contributed by atoms with Crippen molar-refractivity contribution in [1.82, 2.24) is 5.32 Å². The fraction of sp³-hybridized carbons (Fsp3) is 0.600. The maximum Gasteiger partial charge on any atom is 0.272 e. The summed E-state index contributed by atoms with van der Waals surface area (Å²) in [7, 11) is 0. The van der Waals surface area contributed by atoms with E-state index in [4.69, 9.17) is 0 Å². The molecule has 1 aliphatic carbocycles. The third kappa shape index (κ3) is 3.55. The van der Waals surface area contributed by atoms with Crippen molar-refractivity contribution < 1.29 is 10.0 Å². The zero-order valence-electron chi connectivity index (χ0n) is 11.8. The fourth-order valence-corrected chi connectivity index (χ4v) is 2.88. The third-order valence-electron chi connectivity index (χ3n) is 4.21. The van der Waals surface area contributed by atoms with Gasteiger partial charge in [0.1, 0.15) is 0 Å². The molecular weight excluding hydrogens is 256 g/mol. The first-order chi connectivity index (χ1) is 9.59. The fourth-order valence-electron chi connectivity index (χ4n) is 2.88. The van der Waals surface area contributed by atoms with E-state index in [1.165, 1.54) is 12.5 Å². The molecule has 1 aromatic rings. The number of nitrogens with zero attached hydrogens (tertiary/aromatic N) is 1. The van der Waals surface area contributed by atoms with Crippen LogP contribution in [0.3, 0.4) is 0 Å². The number of hydrogen-bond donors (Lipinski definition) is 2. The number of aliphatic hydroxyl groups is 1. The molecule has 0 bridgehead atoms. The Morgan fingerprint density at radius 2 is 2.15 bits per heavy atom. The molecule has 0 heterocycles. The summed E-state index contributed by atoms with van der Waals surface area (Å²) in [5, 5.41) is 24.1. The van der Waals surface area contributed by atoms with Gasteiger partial charge in [0.25, 0.3) is 5.69 Å². The zero-order valence-corrected chi connectivity index (χ0v) is 11.8. The SMILES string of the molecule is Cc1c(CNCC2CCCCC2O)cccc1[N+](=O)[O-]. The molecule has 0 saturated heterocycles. The van der Waals surface area contributed by atoms with Gasteiger partial charge in [0.05, 0.1) is 11.0 Å². The zero-order chi connectivity index (χ0) is 14.5. The minimum absolute atomic E-state index is 0.169. The van der Waals surface area contributed by atoms with E-state index in [0.29, 0.717) is 18.0 Å². The first-order valence-electron chi connectivity index (χ1n) is 7.21. The molecule has 2 unspecified atom stereocenters. The maximum absolute atomic E-state index is 10.9. The molecule has 1 saturated carbocycles. The second-order valence-corrected chi connectivity index (χ2v) is 5.56. The highest BCUT2D eigenvalue weighted by molar-refractivity contribution is 5.44. The summed E-state index contributed by atoms with van der Waals surface area (Å²) in [6.07, 6.45) is 4.04. The van der Waals surface area contributed by atoms with Crippen LogP contribution < -0.4 is 5.32 Å². The molecule has 2 rings (SSSR count). The van der Waals surface area contributed by atoms with Crippen molar-refractivity contribution >= 4 is 5.69 Å². The van der Waals surface area contributed by atoms with Crippen LogP contribution in [0.1, 0.15) is 36.8 Å². The van der Waals surface area contributed by atoms with E-state index in [1.807, 2.05) is 6.07 Å². The highest BCUT2D eigenvalue weighted by Crippen LogP contribution is 2.24. The van der Waals surface area contributed by atoms with Crippen LogP contribution in [0.15, 0.2) is 18.2 Å². The van der Waals surface area contributed by atoms with Gasteiger partial charge < -0.3 is 10.4 Å². The van der Waals surface area contributed by atoms with Crippen LogP contribution >= 0.6 is 0 Å². The van der Waals surface area contributed by atoms with E-state index >= 15 is 0 Å². The Labute approximate surface area is 119 Å². The molecule has 0 aliphatic heterocycles. The van der Waals surface area contributed by atoms with Crippen molar-refractivity contribution in [2.24, 2.45) is 5.92 Å². The maximum atomic E-state index is 10.9. The van der Waals surface area contributed by atoms with Gasteiger partial charge in [-0.1, -0.05) is 25.0 Å². The standard InChI is InChI=1S/C15H22N2O3/c1-11-12(6-4-7-14(11)17(19)20)9-16-10-13-5-2-3-8-15(13)18/h4,6-7,13,15-16,18H,2-3,5,8-10H2,1H3. The second-order valence-electron chi connectivity index (χ2n) is 5.56. The second kappa shape index (κ2) is 6.81. The smallest absolute Gasteiger partial charge is 0.272 e. The summed E-state index contributed by atoms with van der Waals surface area (Å²) in [5.41, 5.74) is 1.83. The Hall–Kier alpha value is -1.46. The van der Waals surface area contributed by atoms with Crippen molar-refractivity contribution in [2.45, 2.75) is 45.3 Å². The van der Waals surface area contributed by atoms with Gasteiger partial charge in [-0.25, -0.2) is 0 Å². The molecule has 0 radical (unpaired) electrons. The Morgan fingerprint density at radius 3 is 2.85 bits per heavy atom. The van der Waals surface area contributed by atoms with Crippen LogP contribution in [0.4, 0.5) is 5.69 Å². The largest absolute Gasteiger partial charge is 0.393 e. The molecule has 110 valence electrons. The minimum Gasteiger partial charge on any atom is -0.393 e. The average Bonchev–Trinajstić information content (AvgIpc) is 2.42. The van der Waals surface area contributed by atoms with Crippen molar-refractivity contribution in [1.29, 1.82) is 0 Å². The monoisotopic (exact) mass is 278 g/mol. The van der Waals surface area contributed by atoms with E-state index in [1.54, 1.807) is 13.0 Å². The molecular formula is C15H22N2O3. The van der Waals surface area contributed by atoms with Gasteiger partial charge in [-0.15, -0.1) is 0 Å². The van der Waals surface area contributed by atoms with Crippen molar-refractivity contribution in [3.05, 3.63) is 39.4 Å². The number of nitro benzene ring substituents is 1. The summed E-state index contributed by atoms with van der Waals surface area (Å²) in [4.78, 5) is 10.5. The van der Waals surface area contributed by atoms with Crippen molar-refractivity contribution in [2.75, 3.05) is 6.54 Å². The summed E-state index contributed by atoms with van der Waals surface area (Å²) >= 11 is 0. The minimum atomic E-state index is -0.344. The van der Waals surface area contributed by atoms with Gasteiger partial charge >= 0.3 is 0 Å². The number of nitro groups is 1. The average molecular weight is 278 g/mol. The number of benzene rings is 1. The lowest BCUT2D eigenvalue weighted by molar-refractivity contribution is -0.385. The predicted molar refractivity (Wildman–Crippen MR) is 77.5 cm³/mol. The van der Waals surface area contributed by atoms with Gasteiger partial charge in [0.15, 0.2) is 0 Å². The topological polar surface area (TPSA) is 75.4 Å². The van der Waals surface area contributed by atoms with Crippen LogP contribution in [0, 0.1) is 23.0 Å². The van der Waals surface area contributed by atoms with Gasteiger partial charge in [-0.3, -0.25) is 10.1 Å². The van der Waals surface area contributed by atoms with Crippen LogP contribution in [-0.2, 0) is 6.54 Å². The number of hydrogen-bond acceptors (Lipinski definition) is 4. The first-order valence-corrected chi connectivity index (χ1v) is 7.21. The molecule has 1 fully saturated rings. The summed E-state index contributed by atoms with van der Waals surface area (Å²) in [6.45, 7) is 3.16. The van der Waals surface area contributed by atoms with E-state index in [-0.39, 0.29) is 16.7 Å². The molecule has 2 N–H and O–H groups in total. The van der Waals surface area contributed by atoms with Gasteiger partial charge in [-0.05, 0) is 31.2 Å². The predicted octanol–water partition coefficient (Wildman–Crippen LogP) is 2.54. The van der Waals surface area contributed by atoms with Crippen molar-refractivity contribution in [3.8, 4) is 0 Å². The quantitative estimate of drug-likeness (QED) is 0.641. The third-order valence-corrected chi connectivity index (χ3v) is 4.21. The lowest BCUT2D eigenvalue weighted by Crippen LogP contribution is -2.33. The number of nitrogens with one attached hydrogen (secondary N) is 1. The Morgan fingerprint density at radius 1 is 1.40 bits per heavy atom. The molecule has 5 heteroatoms. The Balaban J connectivity index is 1.91. The van der Waals surface area contributed by atoms with Crippen LogP contribution in [0.5, 0.6) is 0 Å². The van der Waals surface area contributed by atoms with Crippen LogP contribution in [-0.4, -0.2) is 22.7 Å². The molecule has 5 nitrogen and oxygen atoms in total. The number of rotatable bonds is 5. The van der Waals surface area contributed by atoms with Gasteiger partial charge in [0.2, 0.25) is 0 Å². The number of aliphatic hydroxyl groups excluding tert-OH is 1. The molecule has 0 aromatic heterocycles.